The molecule has 0 saturated heterocycles. The predicted molar refractivity (Wildman–Crippen MR) is 69.9 cm³/mol. The van der Waals surface area contributed by atoms with E-state index in [2.05, 4.69) is 36.5 Å². The normalized spacial score (nSPS) is 17.9. The lowest BCUT2D eigenvalue weighted by molar-refractivity contribution is 0.457. The highest BCUT2D eigenvalue weighted by molar-refractivity contribution is 6.30. The fraction of sp³-hybridized carbons (Fsp3) is 0.429. The Hall–Kier alpha value is -0.790. The maximum absolute atomic E-state index is 5.86. The molecule has 0 amide bonds. The fourth-order valence-electron chi connectivity index (χ4n) is 2.19. The Morgan fingerprint density at radius 3 is 2.50 bits per heavy atom. The summed E-state index contributed by atoms with van der Waals surface area (Å²) in [4.78, 5) is 0. The van der Waals surface area contributed by atoms with E-state index >= 15 is 0 Å². The summed E-state index contributed by atoms with van der Waals surface area (Å²) >= 11 is 5.86. The lowest BCUT2D eigenvalue weighted by Gasteiger charge is -2.19. The number of halogens is 1. The Morgan fingerprint density at radius 2 is 1.88 bits per heavy atom. The maximum Gasteiger partial charge on any atom is 0.0406 e. The zero-order valence-electron chi connectivity index (χ0n) is 9.62. The number of benzene rings is 1. The Balaban J connectivity index is 1.82. The smallest absolute Gasteiger partial charge is 0.0406 e. The molecule has 0 aromatic heterocycles. The summed E-state index contributed by atoms with van der Waals surface area (Å²) in [5.41, 5.74) is 1.34. The molecule has 0 heterocycles. The summed E-state index contributed by atoms with van der Waals surface area (Å²) in [6.07, 6.45) is 7.92. The summed E-state index contributed by atoms with van der Waals surface area (Å²) in [6, 6.07) is 9.29. The zero-order chi connectivity index (χ0) is 11.4. The van der Waals surface area contributed by atoms with Gasteiger partial charge < -0.3 is 5.32 Å². The van der Waals surface area contributed by atoms with E-state index in [1.54, 1.807) is 0 Å². The molecule has 0 radical (unpaired) electrons. The third kappa shape index (κ3) is 3.36. The van der Waals surface area contributed by atoms with Crippen molar-refractivity contribution in [2.75, 3.05) is 0 Å². The van der Waals surface area contributed by atoms with Gasteiger partial charge in [-0.15, -0.1) is 0 Å². The van der Waals surface area contributed by atoms with E-state index in [0.717, 1.165) is 11.4 Å². The first-order valence-corrected chi connectivity index (χ1v) is 6.27. The minimum atomic E-state index is 0.520. The van der Waals surface area contributed by atoms with Crippen molar-refractivity contribution in [3.63, 3.8) is 0 Å². The van der Waals surface area contributed by atoms with E-state index in [-0.39, 0.29) is 0 Å². The van der Waals surface area contributed by atoms with Crippen LogP contribution in [0.1, 0.15) is 25.3 Å². The van der Waals surface area contributed by atoms with Gasteiger partial charge in [0.15, 0.2) is 0 Å². The van der Waals surface area contributed by atoms with Gasteiger partial charge in [-0.2, -0.15) is 0 Å². The van der Waals surface area contributed by atoms with Gasteiger partial charge in [-0.05, 0) is 43.9 Å². The monoisotopic (exact) mass is 235 g/mol. The quantitative estimate of drug-likeness (QED) is 0.787. The van der Waals surface area contributed by atoms with Gasteiger partial charge in [0.2, 0.25) is 0 Å². The number of nitrogens with one attached hydrogen (secondary N) is 1. The molecule has 1 aromatic carbocycles. The van der Waals surface area contributed by atoms with Gasteiger partial charge in [-0.3, -0.25) is 0 Å². The average molecular weight is 236 g/mol. The van der Waals surface area contributed by atoms with E-state index in [1.807, 2.05) is 12.1 Å². The zero-order valence-corrected chi connectivity index (χ0v) is 10.4. The lowest BCUT2D eigenvalue weighted by atomic mass is 10.1. The van der Waals surface area contributed by atoms with Crippen LogP contribution in [0.3, 0.4) is 0 Å². The van der Waals surface area contributed by atoms with Crippen molar-refractivity contribution in [3.05, 3.63) is 47.0 Å². The van der Waals surface area contributed by atoms with Crippen LogP contribution in [0.5, 0.6) is 0 Å². The lowest BCUT2D eigenvalue weighted by Crippen LogP contribution is -2.36. The molecule has 0 bridgehead atoms. The molecule has 0 fully saturated rings. The Labute approximate surface area is 103 Å². The number of hydrogen-bond donors (Lipinski definition) is 1. The van der Waals surface area contributed by atoms with Crippen LogP contribution in [0.2, 0.25) is 5.02 Å². The molecule has 0 aliphatic heterocycles. The Bertz CT molecular complexity index is 348. The Kier molecular flexibility index (Phi) is 4.03. The SMILES string of the molecule is CC(Cc1ccc(Cl)cc1)NC1CC=CC1. The van der Waals surface area contributed by atoms with Crippen LogP contribution in [0.4, 0.5) is 0 Å². The van der Waals surface area contributed by atoms with E-state index in [0.29, 0.717) is 12.1 Å². The molecule has 16 heavy (non-hydrogen) atoms. The van der Waals surface area contributed by atoms with Crippen LogP contribution >= 0.6 is 11.6 Å². The highest BCUT2D eigenvalue weighted by atomic mass is 35.5. The first-order valence-electron chi connectivity index (χ1n) is 5.89. The highest BCUT2D eigenvalue weighted by Gasteiger charge is 2.12. The van der Waals surface area contributed by atoms with Crippen molar-refractivity contribution in [1.29, 1.82) is 0 Å². The van der Waals surface area contributed by atoms with Crippen molar-refractivity contribution in [1.82, 2.24) is 5.32 Å². The van der Waals surface area contributed by atoms with E-state index in [1.165, 1.54) is 18.4 Å². The van der Waals surface area contributed by atoms with Gasteiger partial charge in [0.05, 0.1) is 0 Å². The van der Waals surface area contributed by atoms with Crippen molar-refractivity contribution < 1.29 is 0 Å². The van der Waals surface area contributed by atoms with Crippen molar-refractivity contribution in [2.24, 2.45) is 0 Å². The molecule has 2 rings (SSSR count). The summed E-state index contributed by atoms with van der Waals surface area (Å²) in [7, 11) is 0. The number of hydrogen-bond acceptors (Lipinski definition) is 1. The first kappa shape index (κ1) is 11.7. The molecule has 1 nitrogen and oxygen atoms in total. The molecule has 0 spiro atoms. The largest absolute Gasteiger partial charge is 0.311 e. The second-order valence-electron chi connectivity index (χ2n) is 4.54. The second-order valence-corrected chi connectivity index (χ2v) is 4.97. The molecular formula is C14H18ClN. The van der Waals surface area contributed by atoms with E-state index < -0.39 is 0 Å². The van der Waals surface area contributed by atoms with E-state index in [4.69, 9.17) is 11.6 Å². The topological polar surface area (TPSA) is 12.0 Å². The van der Waals surface area contributed by atoms with Crippen LogP contribution in [-0.2, 0) is 6.42 Å². The number of rotatable bonds is 4. The minimum absolute atomic E-state index is 0.520. The summed E-state index contributed by atoms with van der Waals surface area (Å²) < 4.78 is 0. The third-order valence-electron chi connectivity index (χ3n) is 2.98. The standard InChI is InChI=1S/C14H18ClN/c1-11(16-14-4-2-3-5-14)10-12-6-8-13(15)9-7-12/h2-3,6-9,11,14,16H,4-5,10H2,1H3. The molecule has 1 atom stereocenters. The van der Waals surface area contributed by atoms with Gasteiger partial charge in [0.1, 0.15) is 0 Å². The molecule has 0 saturated carbocycles. The summed E-state index contributed by atoms with van der Waals surface area (Å²) in [6.45, 7) is 2.24. The molecule has 86 valence electrons. The maximum atomic E-state index is 5.86. The summed E-state index contributed by atoms with van der Waals surface area (Å²) in [5.74, 6) is 0. The predicted octanol–water partition coefficient (Wildman–Crippen LogP) is 3.58. The van der Waals surface area contributed by atoms with Crippen LogP contribution in [-0.4, -0.2) is 12.1 Å². The van der Waals surface area contributed by atoms with Crippen molar-refractivity contribution >= 4 is 11.6 Å². The van der Waals surface area contributed by atoms with Crippen LogP contribution in [0.25, 0.3) is 0 Å². The van der Waals surface area contributed by atoms with Gasteiger partial charge in [-0.1, -0.05) is 35.9 Å². The van der Waals surface area contributed by atoms with Gasteiger partial charge >= 0.3 is 0 Å². The van der Waals surface area contributed by atoms with Gasteiger partial charge in [-0.25, -0.2) is 0 Å². The highest BCUT2D eigenvalue weighted by Crippen LogP contribution is 2.13. The molecule has 1 aromatic rings. The fourth-order valence-corrected chi connectivity index (χ4v) is 2.31. The molecule has 1 unspecified atom stereocenters. The Morgan fingerprint density at radius 1 is 1.25 bits per heavy atom. The molecule has 1 aliphatic rings. The van der Waals surface area contributed by atoms with Crippen LogP contribution < -0.4 is 5.32 Å². The summed E-state index contributed by atoms with van der Waals surface area (Å²) in [5, 5.41) is 4.46. The van der Waals surface area contributed by atoms with Crippen molar-refractivity contribution in [2.45, 2.75) is 38.3 Å². The van der Waals surface area contributed by atoms with E-state index in [9.17, 15) is 0 Å². The molecule has 2 heteroatoms. The van der Waals surface area contributed by atoms with Gasteiger partial charge in [0.25, 0.3) is 0 Å². The van der Waals surface area contributed by atoms with Crippen molar-refractivity contribution in [3.8, 4) is 0 Å². The van der Waals surface area contributed by atoms with Crippen LogP contribution in [0.15, 0.2) is 36.4 Å². The molecular weight excluding hydrogens is 218 g/mol. The average Bonchev–Trinajstić information content (AvgIpc) is 2.74. The molecule has 1 N–H and O–H groups in total. The van der Waals surface area contributed by atoms with Gasteiger partial charge in [0, 0.05) is 17.1 Å². The third-order valence-corrected chi connectivity index (χ3v) is 3.24. The minimum Gasteiger partial charge on any atom is -0.311 e. The first-order chi connectivity index (χ1) is 7.74. The molecule has 1 aliphatic carbocycles. The van der Waals surface area contributed by atoms with Crippen LogP contribution in [0, 0.1) is 0 Å². The second kappa shape index (κ2) is 5.51.